The van der Waals surface area contributed by atoms with Gasteiger partial charge in [0.15, 0.2) is 5.13 Å². The Labute approximate surface area is 181 Å². The number of amides is 2. The number of rotatable bonds is 6. The number of hydrogen-bond donors (Lipinski definition) is 3. The van der Waals surface area contributed by atoms with Crippen molar-refractivity contribution in [1.82, 2.24) is 15.0 Å². The summed E-state index contributed by atoms with van der Waals surface area (Å²) in [5, 5.41) is 9.78. The molecule has 0 spiro atoms. The molecule has 0 aliphatic rings. The van der Waals surface area contributed by atoms with E-state index in [4.69, 9.17) is 22.1 Å². The number of nitrogens with zero attached hydrogens (tertiary/aromatic N) is 4. The van der Waals surface area contributed by atoms with E-state index in [-0.39, 0.29) is 16.7 Å². The fraction of sp³-hybridized carbons (Fsp3) is 0.167. The molecular formula is C18H18ClN7O3S. The first-order valence-corrected chi connectivity index (χ1v) is 9.73. The van der Waals surface area contributed by atoms with Crippen LogP contribution in [0.1, 0.15) is 16.1 Å². The fourth-order valence-electron chi connectivity index (χ4n) is 2.25. The van der Waals surface area contributed by atoms with Gasteiger partial charge in [-0.05, 0) is 26.0 Å². The van der Waals surface area contributed by atoms with Gasteiger partial charge in [0.05, 0.1) is 22.6 Å². The smallest absolute Gasteiger partial charge is 0.325 e. The normalized spacial score (nSPS) is 10.8. The first-order valence-electron chi connectivity index (χ1n) is 8.53. The van der Waals surface area contributed by atoms with E-state index in [0.29, 0.717) is 22.1 Å². The lowest BCUT2D eigenvalue weighted by Gasteiger charge is -2.11. The number of nitrogens with two attached hydrogens (primary N) is 1. The summed E-state index contributed by atoms with van der Waals surface area (Å²) in [6, 6.07) is 4.29. The Morgan fingerprint density at radius 1 is 1.30 bits per heavy atom. The molecular weight excluding hydrogens is 430 g/mol. The number of benzene rings is 1. The van der Waals surface area contributed by atoms with Crippen LogP contribution in [-0.4, -0.2) is 34.3 Å². The van der Waals surface area contributed by atoms with Crippen LogP contribution in [-0.2, 0) is 4.84 Å². The Morgan fingerprint density at radius 2 is 2.10 bits per heavy atom. The minimum absolute atomic E-state index is 0.173. The third-order valence-corrected chi connectivity index (χ3v) is 5.12. The van der Waals surface area contributed by atoms with Crippen LogP contribution in [0.3, 0.4) is 0 Å². The molecule has 0 saturated carbocycles. The highest BCUT2D eigenvalue weighted by Gasteiger charge is 2.13. The van der Waals surface area contributed by atoms with E-state index in [9.17, 15) is 4.79 Å². The summed E-state index contributed by atoms with van der Waals surface area (Å²) in [6.07, 6.45) is 2.60. The van der Waals surface area contributed by atoms with Crippen LogP contribution in [0.4, 0.5) is 21.4 Å². The Hall–Kier alpha value is -3.44. The predicted molar refractivity (Wildman–Crippen MR) is 117 cm³/mol. The minimum atomic E-state index is -0.457. The minimum Gasteiger partial charge on any atom is -0.438 e. The van der Waals surface area contributed by atoms with Gasteiger partial charge in [-0.15, -0.1) is 11.3 Å². The maximum atomic E-state index is 12.2. The second-order valence-electron chi connectivity index (χ2n) is 5.88. The molecule has 156 valence electrons. The van der Waals surface area contributed by atoms with Gasteiger partial charge in [-0.2, -0.15) is 0 Å². The number of nitrogen functional groups attached to an aromatic ring is 1. The second-order valence-corrected chi connectivity index (χ2v) is 7.49. The molecule has 2 heterocycles. The van der Waals surface area contributed by atoms with Crippen molar-refractivity contribution in [2.45, 2.75) is 13.8 Å². The van der Waals surface area contributed by atoms with Crippen LogP contribution < -0.4 is 21.1 Å². The number of oxime groups is 1. The molecule has 0 aliphatic carbocycles. The molecule has 10 nitrogen and oxygen atoms in total. The summed E-state index contributed by atoms with van der Waals surface area (Å²) in [5.74, 6) is 0.726. The maximum Gasteiger partial charge on any atom is 0.325 e. The first kappa shape index (κ1) is 21.3. The maximum absolute atomic E-state index is 12.2. The van der Waals surface area contributed by atoms with E-state index < -0.39 is 6.03 Å². The first-order chi connectivity index (χ1) is 14.4. The van der Waals surface area contributed by atoms with Crippen molar-refractivity contribution in [2.24, 2.45) is 5.16 Å². The molecule has 3 aromatic rings. The van der Waals surface area contributed by atoms with Gasteiger partial charge in [-0.1, -0.05) is 16.8 Å². The molecule has 12 heteroatoms. The van der Waals surface area contributed by atoms with E-state index in [1.54, 1.807) is 12.1 Å². The molecule has 0 aliphatic heterocycles. The van der Waals surface area contributed by atoms with Gasteiger partial charge in [0.2, 0.25) is 5.88 Å². The van der Waals surface area contributed by atoms with Crippen LogP contribution in [0.2, 0.25) is 5.02 Å². The zero-order chi connectivity index (χ0) is 21.7. The number of thiazole rings is 1. The lowest BCUT2D eigenvalue weighted by atomic mass is 10.3. The quantitative estimate of drug-likeness (QED) is 0.380. The van der Waals surface area contributed by atoms with Gasteiger partial charge in [0.1, 0.15) is 30.6 Å². The Balaban J connectivity index is 1.72. The molecule has 0 radical (unpaired) electrons. The third kappa shape index (κ3) is 5.13. The van der Waals surface area contributed by atoms with E-state index >= 15 is 0 Å². The van der Waals surface area contributed by atoms with Crippen molar-refractivity contribution in [3.05, 3.63) is 45.7 Å². The molecule has 0 bridgehead atoms. The molecule has 30 heavy (non-hydrogen) atoms. The summed E-state index contributed by atoms with van der Waals surface area (Å²) >= 11 is 7.68. The van der Waals surface area contributed by atoms with E-state index in [0.717, 1.165) is 10.6 Å². The van der Waals surface area contributed by atoms with Crippen LogP contribution in [0.25, 0.3) is 0 Å². The number of aryl methyl sites for hydroxylation is 2. The Morgan fingerprint density at radius 3 is 2.77 bits per heavy atom. The monoisotopic (exact) mass is 447 g/mol. The SMILES string of the molecule is CO/N=C/c1c(N)ncnc1Oc1ccc(NC(=O)Nc2nc(C)c(C)s2)c(Cl)c1. The van der Waals surface area contributed by atoms with Crippen molar-refractivity contribution in [1.29, 1.82) is 0 Å². The summed E-state index contributed by atoms with van der Waals surface area (Å²) in [5.41, 5.74) is 7.46. The number of urea groups is 1. The van der Waals surface area contributed by atoms with E-state index in [2.05, 4.69) is 35.6 Å². The molecule has 2 amide bonds. The molecule has 0 atom stereocenters. The second kappa shape index (κ2) is 9.37. The number of hydrogen-bond acceptors (Lipinski definition) is 9. The van der Waals surface area contributed by atoms with Crippen molar-refractivity contribution in [2.75, 3.05) is 23.5 Å². The number of ether oxygens (including phenoxy) is 1. The number of nitrogens with one attached hydrogen (secondary N) is 2. The average Bonchev–Trinajstić information content (AvgIpc) is 3.00. The molecule has 4 N–H and O–H groups in total. The van der Waals surface area contributed by atoms with Gasteiger partial charge < -0.3 is 20.6 Å². The molecule has 0 unspecified atom stereocenters. The highest BCUT2D eigenvalue weighted by molar-refractivity contribution is 7.15. The summed E-state index contributed by atoms with van der Waals surface area (Å²) in [6.45, 7) is 3.81. The topological polar surface area (TPSA) is 137 Å². The highest BCUT2D eigenvalue weighted by Crippen LogP contribution is 2.31. The van der Waals surface area contributed by atoms with E-state index in [1.165, 1.54) is 37.1 Å². The van der Waals surface area contributed by atoms with Gasteiger partial charge in [-0.3, -0.25) is 5.32 Å². The van der Waals surface area contributed by atoms with Gasteiger partial charge >= 0.3 is 6.03 Å². The van der Waals surface area contributed by atoms with Crippen LogP contribution in [0.15, 0.2) is 29.7 Å². The lowest BCUT2D eigenvalue weighted by molar-refractivity contribution is 0.215. The van der Waals surface area contributed by atoms with Crippen molar-refractivity contribution in [3.63, 3.8) is 0 Å². The Kier molecular flexibility index (Phi) is 6.65. The largest absolute Gasteiger partial charge is 0.438 e. The number of anilines is 3. The zero-order valence-corrected chi connectivity index (χ0v) is 17.8. The number of aromatic nitrogens is 3. The lowest BCUT2D eigenvalue weighted by Crippen LogP contribution is -2.19. The van der Waals surface area contributed by atoms with Crippen LogP contribution >= 0.6 is 22.9 Å². The summed E-state index contributed by atoms with van der Waals surface area (Å²) < 4.78 is 5.74. The molecule has 0 saturated heterocycles. The third-order valence-electron chi connectivity index (χ3n) is 3.82. The summed E-state index contributed by atoms with van der Waals surface area (Å²) in [7, 11) is 1.40. The molecule has 3 rings (SSSR count). The Bertz CT molecular complexity index is 1080. The van der Waals surface area contributed by atoms with Crippen molar-refractivity contribution >= 4 is 51.8 Å². The molecule has 0 fully saturated rings. The average molecular weight is 448 g/mol. The predicted octanol–water partition coefficient (Wildman–Crippen LogP) is 4.20. The van der Waals surface area contributed by atoms with Crippen LogP contribution in [0.5, 0.6) is 11.6 Å². The van der Waals surface area contributed by atoms with Gasteiger partial charge in [0.25, 0.3) is 0 Å². The standard InChI is InChI=1S/C18H18ClN7O3S/c1-9-10(2)30-18(24-9)26-17(27)25-14-5-4-11(6-13(14)19)29-16-12(7-23-28-3)15(20)21-8-22-16/h4-8H,1-3H3,(H2,20,21,22)(H2,24,25,26,27)/b23-7+. The van der Waals surface area contributed by atoms with Crippen molar-refractivity contribution < 1.29 is 14.4 Å². The van der Waals surface area contributed by atoms with E-state index in [1.807, 2.05) is 13.8 Å². The van der Waals surface area contributed by atoms with Crippen LogP contribution in [0, 0.1) is 13.8 Å². The summed E-state index contributed by atoms with van der Waals surface area (Å²) in [4.78, 5) is 30.1. The van der Waals surface area contributed by atoms with Crippen molar-refractivity contribution in [3.8, 4) is 11.6 Å². The molecule has 2 aromatic heterocycles. The van der Waals surface area contributed by atoms with Gasteiger partial charge in [-0.25, -0.2) is 19.7 Å². The zero-order valence-electron chi connectivity index (χ0n) is 16.3. The number of halogens is 1. The fourth-order valence-corrected chi connectivity index (χ4v) is 3.28. The number of carbonyl (C=O) groups excluding carboxylic acids is 1. The molecule has 1 aromatic carbocycles. The highest BCUT2D eigenvalue weighted by atomic mass is 35.5. The number of carbonyl (C=O) groups is 1. The van der Waals surface area contributed by atoms with Gasteiger partial charge in [0, 0.05) is 10.9 Å².